The minimum absolute atomic E-state index is 0.178. The fourth-order valence-electron chi connectivity index (χ4n) is 1.42. The van der Waals surface area contributed by atoms with Crippen molar-refractivity contribution in [2.75, 3.05) is 13.1 Å². The van der Waals surface area contributed by atoms with Crippen LogP contribution in [0.25, 0.3) is 0 Å². The summed E-state index contributed by atoms with van der Waals surface area (Å²) in [5.41, 5.74) is 1.32. The molecule has 0 radical (unpaired) electrons. The average molecular weight is 197 g/mol. The van der Waals surface area contributed by atoms with Crippen molar-refractivity contribution in [3.63, 3.8) is 0 Å². The standard InChI is InChI=1S/C9H12FN3O/c1-6-3-8(11-12(6)2)9(14)13-4-7(10)5-13/h3,7H,4-5H2,1-2H3. The molecule has 1 aromatic heterocycles. The van der Waals surface area contributed by atoms with E-state index in [1.54, 1.807) is 17.8 Å². The topological polar surface area (TPSA) is 38.1 Å². The van der Waals surface area contributed by atoms with E-state index in [9.17, 15) is 9.18 Å². The van der Waals surface area contributed by atoms with E-state index in [4.69, 9.17) is 0 Å². The van der Waals surface area contributed by atoms with E-state index >= 15 is 0 Å². The molecule has 1 aromatic rings. The van der Waals surface area contributed by atoms with Gasteiger partial charge in [-0.3, -0.25) is 9.48 Å². The van der Waals surface area contributed by atoms with Gasteiger partial charge in [-0.2, -0.15) is 5.10 Å². The summed E-state index contributed by atoms with van der Waals surface area (Å²) in [4.78, 5) is 13.1. The molecule has 0 aromatic carbocycles. The zero-order valence-corrected chi connectivity index (χ0v) is 8.20. The summed E-state index contributed by atoms with van der Waals surface area (Å²) < 4.78 is 14.1. The third-order valence-electron chi connectivity index (χ3n) is 2.46. The lowest BCUT2D eigenvalue weighted by atomic mass is 10.2. The van der Waals surface area contributed by atoms with Crippen molar-refractivity contribution in [2.45, 2.75) is 13.1 Å². The van der Waals surface area contributed by atoms with Gasteiger partial charge in [-0.15, -0.1) is 0 Å². The van der Waals surface area contributed by atoms with Crippen LogP contribution in [0.15, 0.2) is 6.07 Å². The minimum Gasteiger partial charge on any atom is -0.331 e. The molecule has 14 heavy (non-hydrogen) atoms. The van der Waals surface area contributed by atoms with Gasteiger partial charge in [-0.05, 0) is 13.0 Å². The molecular formula is C9H12FN3O. The first-order valence-electron chi connectivity index (χ1n) is 4.52. The van der Waals surface area contributed by atoms with Crippen LogP contribution in [0.3, 0.4) is 0 Å². The summed E-state index contributed by atoms with van der Waals surface area (Å²) in [5, 5.41) is 4.04. The predicted octanol–water partition coefficient (Wildman–Crippen LogP) is 0.522. The number of amides is 1. The number of carbonyl (C=O) groups is 1. The molecule has 0 atom stereocenters. The normalized spacial score (nSPS) is 16.9. The molecule has 4 nitrogen and oxygen atoms in total. The Morgan fingerprint density at radius 3 is 2.71 bits per heavy atom. The molecule has 2 heterocycles. The number of alkyl halides is 1. The van der Waals surface area contributed by atoms with Gasteiger partial charge in [0.25, 0.3) is 5.91 Å². The molecule has 0 saturated carbocycles. The molecule has 0 bridgehead atoms. The average Bonchev–Trinajstić information content (AvgIpc) is 2.41. The second-order valence-corrected chi connectivity index (χ2v) is 3.60. The van der Waals surface area contributed by atoms with Gasteiger partial charge in [-0.1, -0.05) is 0 Å². The third kappa shape index (κ3) is 1.38. The molecule has 2 rings (SSSR count). The lowest BCUT2D eigenvalue weighted by Crippen LogP contribution is -2.51. The van der Waals surface area contributed by atoms with Crippen LogP contribution in [-0.2, 0) is 7.05 Å². The van der Waals surface area contributed by atoms with Crippen molar-refractivity contribution in [3.8, 4) is 0 Å². The Labute approximate surface area is 81.3 Å². The zero-order chi connectivity index (χ0) is 10.3. The summed E-state index contributed by atoms with van der Waals surface area (Å²) in [6, 6.07) is 1.72. The Kier molecular flexibility index (Phi) is 2.02. The summed E-state index contributed by atoms with van der Waals surface area (Å²) in [6.45, 7) is 2.28. The first-order valence-corrected chi connectivity index (χ1v) is 4.52. The van der Waals surface area contributed by atoms with Gasteiger partial charge in [0.2, 0.25) is 0 Å². The molecule has 1 saturated heterocycles. The zero-order valence-electron chi connectivity index (χ0n) is 8.20. The molecule has 0 unspecified atom stereocenters. The Hall–Kier alpha value is -1.39. The number of aromatic nitrogens is 2. The number of rotatable bonds is 1. The first-order chi connectivity index (χ1) is 6.58. The lowest BCUT2D eigenvalue weighted by Gasteiger charge is -2.33. The number of hydrogen-bond donors (Lipinski definition) is 0. The Morgan fingerprint density at radius 2 is 2.29 bits per heavy atom. The molecule has 0 N–H and O–H groups in total. The number of aryl methyl sites for hydroxylation is 2. The fourth-order valence-corrected chi connectivity index (χ4v) is 1.42. The Morgan fingerprint density at radius 1 is 1.64 bits per heavy atom. The maximum Gasteiger partial charge on any atom is 0.274 e. The van der Waals surface area contributed by atoms with Crippen molar-refractivity contribution in [1.29, 1.82) is 0 Å². The number of carbonyl (C=O) groups excluding carboxylic acids is 1. The van der Waals surface area contributed by atoms with Gasteiger partial charge in [0.1, 0.15) is 6.17 Å². The molecule has 1 amide bonds. The SMILES string of the molecule is Cc1cc(C(=O)N2CC(F)C2)nn1C. The molecule has 1 aliphatic rings. The van der Waals surface area contributed by atoms with Gasteiger partial charge >= 0.3 is 0 Å². The number of halogens is 1. The summed E-state index contributed by atoms with van der Waals surface area (Å²) >= 11 is 0. The van der Waals surface area contributed by atoms with Crippen LogP contribution in [-0.4, -0.2) is 39.8 Å². The Bertz CT molecular complexity index is 349. The second kappa shape index (κ2) is 3.08. The second-order valence-electron chi connectivity index (χ2n) is 3.60. The highest BCUT2D eigenvalue weighted by molar-refractivity contribution is 5.93. The van der Waals surface area contributed by atoms with E-state index in [0.29, 0.717) is 5.69 Å². The fraction of sp³-hybridized carbons (Fsp3) is 0.556. The van der Waals surface area contributed by atoms with E-state index in [0.717, 1.165) is 5.69 Å². The highest BCUT2D eigenvalue weighted by atomic mass is 19.1. The van der Waals surface area contributed by atoms with E-state index in [1.807, 2.05) is 6.92 Å². The van der Waals surface area contributed by atoms with Crippen molar-refractivity contribution in [1.82, 2.24) is 14.7 Å². The van der Waals surface area contributed by atoms with Crippen LogP contribution in [0.4, 0.5) is 4.39 Å². The van der Waals surface area contributed by atoms with Crippen molar-refractivity contribution in [3.05, 3.63) is 17.5 Å². The predicted molar refractivity (Wildman–Crippen MR) is 48.7 cm³/mol. The number of likely N-dealkylation sites (tertiary alicyclic amines) is 1. The van der Waals surface area contributed by atoms with Crippen LogP contribution >= 0.6 is 0 Å². The van der Waals surface area contributed by atoms with E-state index < -0.39 is 6.17 Å². The largest absolute Gasteiger partial charge is 0.331 e. The summed E-state index contributed by atoms with van der Waals surface area (Å²) in [6.07, 6.45) is -0.858. The van der Waals surface area contributed by atoms with Gasteiger partial charge in [0, 0.05) is 12.7 Å². The molecule has 0 spiro atoms. The van der Waals surface area contributed by atoms with E-state index in [2.05, 4.69) is 5.10 Å². The van der Waals surface area contributed by atoms with Crippen molar-refractivity contribution < 1.29 is 9.18 Å². The van der Waals surface area contributed by atoms with E-state index in [1.165, 1.54) is 4.90 Å². The van der Waals surface area contributed by atoms with Gasteiger partial charge in [0.05, 0.1) is 13.1 Å². The highest BCUT2D eigenvalue weighted by Gasteiger charge is 2.32. The summed E-state index contributed by atoms with van der Waals surface area (Å²) in [5.74, 6) is -0.178. The third-order valence-corrected chi connectivity index (χ3v) is 2.46. The molecule has 1 fully saturated rings. The van der Waals surface area contributed by atoms with Crippen molar-refractivity contribution in [2.24, 2.45) is 7.05 Å². The molecule has 5 heteroatoms. The smallest absolute Gasteiger partial charge is 0.274 e. The van der Waals surface area contributed by atoms with E-state index in [-0.39, 0.29) is 19.0 Å². The van der Waals surface area contributed by atoms with Crippen molar-refractivity contribution >= 4 is 5.91 Å². The highest BCUT2D eigenvalue weighted by Crippen LogP contribution is 2.15. The number of nitrogens with zero attached hydrogens (tertiary/aromatic N) is 3. The lowest BCUT2D eigenvalue weighted by molar-refractivity contribution is 0.0394. The van der Waals surface area contributed by atoms with Crippen LogP contribution in [0.1, 0.15) is 16.2 Å². The van der Waals surface area contributed by atoms with Gasteiger partial charge < -0.3 is 4.90 Å². The van der Waals surface area contributed by atoms with Gasteiger partial charge in [-0.25, -0.2) is 4.39 Å². The number of hydrogen-bond acceptors (Lipinski definition) is 2. The molecule has 0 aliphatic carbocycles. The van der Waals surface area contributed by atoms with Crippen LogP contribution in [0.2, 0.25) is 0 Å². The monoisotopic (exact) mass is 197 g/mol. The molecular weight excluding hydrogens is 185 g/mol. The Balaban J connectivity index is 2.12. The van der Waals surface area contributed by atoms with Crippen LogP contribution in [0.5, 0.6) is 0 Å². The molecule has 1 aliphatic heterocycles. The maximum absolute atomic E-state index is 12.5. The van der Waals surface area contributed by atoms with Crippen LogP contribution < -0.4 is 0 Å². The minimum atomic E-state index is -0.858. The maximum atomic E-state index is 12.5. The summed E-state index contributed by atoms with van der Waals surface area (Å²) in [7, 11) is 1.78. The first kappa shape index (κ1) is 9.18. The van der Waals surface area contributed by atoms with Crippen LogP contribution in [0, 0.1) is 6.92 Å². The quantitative estimate of drug-likeness (QED) is 0.658. The molecule has 76 valence electrons. The van der Waals surface area contributed by atoms with Gasteiger partial charge in [0.15, 0.2) is 5.69 Å².